The topological polar surface area (TPSA) is 77.3 Å². The first-order valence-corrected chi connectivity index (χ1v) is 9.23. The second-order valence-electron chi connectivity index (χ2n) is 5.82. The number of aryl methyl sites for hydroxylation is 1. The van der Waals surface area contributed by atoms with E-state index in [-0.39, 0.29) is 4.90 Å². The lowest BCUT2D eigenvalue weighted by atomic mass is 10.2. The van der Waals surface area contributed by atoms with Crippen LogP contribution in [0.25, 0.3) is 0 Å². The zero-order chi connectivity index (χ0) is 18.0. The molecule has 1 aromatic heterocycles. The van der Waals surface area contributed by atoms with Crippen molar-refractivity contribution in [2.75, 3.05) is 31.1 Å². The molecule has 3 rings (SSSR count). The number of aromatic nitrogens is 1. The van der Waals surface area contributed by atoms with Crippen molar-refractivity contribution in [1.82, 2.24) is 9.29 Å². The maximum absolute atomic E-state index is 13.5. The third kappa shape index (κ3) is 3.48. The SMILES string of the molecule is Cc1ccc(F)cc1S(=O)(=O)N1CCN(c2ccc(C#N)cn2)CC1. The molecule has 2 aromatic rings. The summed E-state index contributed by atoms with van der Waals surface area (Å²) >= 11 is 0. The number of benzene rings is 1. The van der Waals surface area contributed by atoms with Crippen LogP contribution in [-0.2, 0) is 10.0 Å². The first kappa shape index (κ1) is 17.3. The number of hydrogen-bond donors (Lipinski definition) is 0. The second-order valence-corrected chi connectivity index (χ2v) is 7.72. The highest BCUT2D eigenvalue weighted by Crippen LogP contribution is 2.23. The normalized spacial score (nSPS) is 15.8. The number of hydrogen-bond acceptors (Lipinski definition) is 5. The van der Waals surface area contributed by atoms with Gasteiger partial charge in [0.1, 0.15) is 17.7 Å². The minimum absolute atomic E-state index is 0.0115. The van der Waals surface area contributed by atoms with Crippen LogP contribution in [0, 0.1) is 24.1 Å². The molecule has 1 saturated heterocycles. The average Bonchev–Trinajstić information content (AvgIpc) is 2.64. The number of nitrogens with zero attached hydrogens (tertiary/aromatic N) is 4. The van der Waals surface area contributed by atoms with Crippen LogP contribution in [0.4, 0.5) is 10.2 Å². The Kier molecular flexibility index (Phi) is 4.70. The lowest BCUT2D eigenvalue weighted by molar-refractivity contribution is 0.383. The van der Waals surface area contributed by atoms with Crippen molar-refractivity contribution in [3.63, 3.8) is 0 Å². The largest absolute Gasteiger partial charge is 0.354 e. The Labute approximate surface area is 146 Å². The van der Waals surface area contributed by atoms with Gasteiger partial charge in [-0.3, -0.25) is 0 Å². The fraction of sp³-hybridized carbons (Fsp3) is 0.294. The van der Waals surface area contributed by atoms with Gasteiger partial charge in [-0.2, -0.15) is 9.57 Å². The van der Waals surface area contributed by atoms with Crippen molar-refractivity contribution in [3.8, 4) is 6.07 Å². The van der Waals surface area contributed by atoms with Crippen LogP contribution in [0.3, 0.4) is 0 Å². The van der Waals surface area contributed by atoms with E-state index in [1.54, 1.807) is 19.1 Å². The summed E-state index contributed by atoms with van der Waals surface area (Å²) < 4.78 is 40.4. The smallest absolute Gasteiger partial charge is 0.243 e. The fourth-order valence-electron chi connectivity index (χ4n) is 2.79. The van der Waals surface area contributed by atoms with Gasteiger partial charge in [0.2, 0.25) is 10.0 Å². The van der Waals surface area contributed by atoms with E-state index in [9.17, 15) is 12.8 Å². The van der Waals surface area contributed by atoms with Crippen molar-refractivity contribution in [1.29, 1.82) is 5.26 Å². The first-order valence-electron chi connectivity index (χ1n) is 7.79. The van der Waals surface area contributed by atoms with Crippen molar-refractivity contribution < 1.29 is 12.8 Å². The summed E-state index contributed by atoms with van der Waals surface area (Å²) in [5.74, 6) is 0.141. The summed E-state index contributed by atoms with van der Waals surface area (Å²) in [6.07, 6.45) is 1.49. The molecule has 8 heteroatoms. The second kappa shape index (κ2) is 6.78. The highest BCUT2D eigenvalue weighted by Gasteiger charge is 2.30. The van der Waals surface area contributed by atoms with E-state index in [1.165, 1.54) is 22.6 Å². The molecule has 25 heavy (non-hydrogen) atoms. The highest BCUT2D eigenvalue weighted by atomic mass is 32.2. The molecule has 6 nitrogen and oxygen atoms in total. The Bertz CT molecular complexity index is 915. The van der Waals surface area contributed by atoms with Gasteiger partial charge in [-0.15, -0.1) is 0 Å². The Balaban J connectivity index is 1.75. The molecular weight excluding hydrogens is 343 g/mol. The van der Waals surface area contributed by atoms with Gasteiger partial charge in [-0.25, -0.2) is 17.8 Å². The molecule has 2 heterocycles. The van der Waals surface area contributed by atoms with Crippen LogP contribution in [-0.4, -0.2) is 43.9 Å². The fourth-order valence-corrected chi connectivity index (χ4v) is 4.45. The molecule has 0 unspecified atom stereocenters. The van der Waals surface area contributed by atoms with Gasteiger partial charge in [-0.05, 0) is 36.8 Å². The van der Waals surface area contributed by atoms with Crippen LogP contribution < -0.4 is 4.90 Å². The molecule has 1 aliphatic heterocycles. The molecular formula is C17H17FN4O2S. The monoisotopic (exact) mass is 360 g/mol. The van der Waals surface area contributed by atoms with E-state index >= 15 is 0 Å². The number of sulfonamides is 1. The Morgan fingerprint density at radius 3 is 2.48 bits per heavy atom. The third-order valence-electron chi connectivity index (χ3n) is 4.21. The lowest BCUT2D eigenvalue weighted by Gasteiger charge is -2.34. The van der Waals surface area contributed by atoms with Crippen molar-refractivity contribution >= 4 is 15.8 Å². The van der Waals surface area contributed by atoms with Crippen LogP contribution in [0.15, 0.2) is 41.4 Å². The molecule has 0 aliphatic carbocycles. The Morgan fingerprint density at radius 2 is 1.88 bits per heavy atom. The zero-order valence-electron chi connectivity index (χ0n) is 13.7. The summed E-state index contributed by atoms with van der Waals surface area (Å²) in [6.45, 7) is 3.20. The molecule has 1 fully saturated rings. The van der Waals surface area contributed by atoms with E-state index in [4.69, 9.17) is 5.26 Å². The standard InChI is InChI=1S/C17H17FN4O2S/c1-13-2-4-15(18)10-16(13)25(23,24)22-8-6-21(7-9-22)17-5-3-14(11-19)12-20-17/h2-5,10,12H,6-9H2,1H3. The molecule has 0 spiro atoms. The molecule has 130 valence electrons. The molecule has 0 atom stereocenters. The number of anilines is 1. The Morgan fingerprint density at radius 1 is 1.16 bits per heavy atom. The summed E-state index contributed by atoms with van der Waals surface area (Å²) in [6, 6.07) is 9.24. The number of halogens is 1. The number of nitriles is 1. The van der Waals surface area contributed by atoms with Gasteiger partial charge in [-0.1, -0.05) is 6.07 Å². The number of pyridine rings is 1. The number of piperazine rings is 1. The summed E-state index contributed by atoms with van der Waals surface area (Å²) in [5.41, 5.74) is 1.00. The summed E-state index contributed by atoms with van der Waals surface area (Å²) in [5, 5.41) is 8.81. The van der Waals surface area contributed by atoms with Crippen LogP contribution >= 0.6 is 0 Å². The number of rotatable bonds is 3. The zero-order valence-corrected chi connectivity index (χ0v) is 14.5. The molecule has 0 N–H and O–H groups in total. The van der Waals surface area contributed by atoms with Crippen LogP contribution in [0.2, 0.25) is 0 Å². The minimum Gasteiger partial charge on any atom is -0.354 e. The summed E-state index contributed by atoms with van der Waals surface area (Å²) in [7, 11) is -3.73. The minimum atomic E-state index is -3.73. The first-order chi connectivity index (χ1) is 11.9. The predicted octanol–water partition coefficient (Wildman–Crippen LogP) is 1.91. The predicted molar refractivity (Wildman–Crippen MR) is 91.1 cm³/mol. The van der Waals surface area contributed by atoms with Gasteiger partial charge in [0.25, 0.3) is 0 Å². The van der Waals surface area contributed by atoms with Gasteiger partial charge < -0.3 is 4.90 Å². The molecule has 1 aromatic carbocycles. The van der Waals surface area contributed by atoms with E-state index < -0.39 is 15.8 Å². The molecule has 0 bridgehead atoms. The van der Waals surface area contributed by atoms with E-state index in [0.717, 1.165) is 6.07 Å². The molecule has 0 amide bonds. The average molecular weight is 360 g/mol. The maximum Gasteiger partial charge on any atom is 0.243 e. The van der Waals surface area contributed by atoms with Crippen molar-refractivity contribution in [3.05, 3.63) is 53.5 Å². The third-order valence-corrected chi connectivity index (χ3v) is 6.25. The summed E-state index contributed by atoms with van der Waals surface area (Å²) in [4.78, 5) is 6.21. The molecule has 0 radical (unpaired) electrons. The van der Waals surface area contributed by atoms with Gasteiger partial charge >= 0.3 is 0 Å². The van der Waals surface area contributed by atoms with E-state index in [0.29, 0.717) is 43.1 Å². The maximum atomic E-state index is 13.5. The quantitative estimate of drug-likeness (QED) is 0.836. The molecule has 1 aliphatic rings. The Hall–Kier alpha value is -2.50. The van der Waals surface area contributed by atoms with E-state index in [2.05, 4.69) is 4.98 Å². The van der Waals surface area contributed by atoms with Crippen molar-refractivity contribution in [2.45, 2.75) is 11.8 Å². The lowest BCUT2D eigenvalue weighted by Crippen LogP contribution is -2.49. The molecule has 0 saturated carbocycles. The van der Waals surface area contributed by atoms with Crippen molar-refractivity contribution in [2.24, 2.45) is 0 Å². The van der Waals surface area contributed by atoms with Crippen LogP contribution in [0.5, 0.6) is 0 Å². The van der Waals surface area contributed by atoms with Gasteiger partial charge in [0.05, 0.1) is 10.5 Å². The van der Waals surface area contributed by atoms with E-state index in [1.807, 2.05) is 11.0 Å². The highest BCUT2D eigenvalue weighted by molar-refractivity contribution is 7.89. The van der Waals surface area contributed by atoms with Gasteiger partial charge in [0.15, 0.2) is 0 Å². The van der Waals surface area contributed by atoms with Crippen LogP contribution in [0.1, 0.15) is 11.1 Å². The van der Waals surface area contributed by atoms with Gasteiger partial charge in [0, 0.05) is 32.4 Å².